The van der Waals surface area contributed by atoms with Crippen molar-refractivity contribution >= 4 is 27.0 Å². The van der Waals surface area contributed by atoms with E-state index in [1.54, 1.807) is 16.8 Å². The van der Waals surface area contributed by atoms with Gasteiger partial charge in [0, 0.05) is 13.1 Å². The first-order valence-electron chi connectivity index (χ1n) is 10.3. The predicted octanol–water partition coefficient (Wildman–Crippen LogP) is 1.26. The van der Waals surface area contributed by atoms with E-state index in [1.165, 1.54) is 4.31 Å². The topological polar surface area (TPSA) is 106 Å². The number of para-hydroxylation sites is 1. The van der Waals surface area contributed by atoms with E-state index in [0.717, 1.165) is 35.0 Å². The van der Waals surface area contributed by atoms with Crippen LogP contribution in [0.15, 0.2) is 47.4 Å². The molecule has 1 aliphatic carbocycles. The highest BCUT2D eigenvalue weighted by atomic mass is 32.2. The van der Waals surface area contributed by atoms with E-state index in [4.69, 9.17) is 4.74 Å². The maximum atomic E-state index is 13.0. The summed E-state index contributed by atoms with van der Waals surface area (Å²) in [5.41, 5.74) is 3.46. The lowest BCUT2D eigenvalue weighted by Gasteiger charge is -2.26. The van der Waals surface area contributed by atoms with Gasteiger partial charge >= 0.3 is 0 Å². The maximum absolute atomic E-state index is 13.0. The standard InChI is InChI=1S/C21H23N5O4S/c27-21(14-26-20-4-2-1-3-19(20)23-24-26)22-18-8-6-15-5-7-16(13-17(15)18)31(28,29)25-9-11-30-12-10-25/h1-5,7,13,18H,6,8-12,14H2,(H,22,27)/t18-/m0/s1. The Morgan fingerprint density at radius 2 is 1.97 bits per heavy atom. The molecule has 2 aromatic carbocycles. The van der Waals surface area contributed by atoms with Crippen molar-refractivity contribution in [3.8, 4) is 0 Å². The highest BCUT2D eigenvalue weighted by Gasteiger charge is 2.30. The van der Waals surface area contributed by atoms with Crippen LogP contribution in [0.3, 0.4) is 0 Å². The van der Waals surface area contributed by atoms with Gasteiger partial charge in [0.25, 0.3) is 0 Å². The molecule has 3 aromatic rings. The predicted molar refractivity (Wildman–Crippen MR) is 113 cm³/mol. The quantitative estimate of drug-likeness (QED) is 0.639. The summed E-state index contributed by atoms with van der Waals surface area (Å²) in [5.74, 6) is -0.185. The monoisotopic (exact) mass is 441 g/mol. The Morgan fingerprint density at radius 3 is 2.81 bits per heavy atom. The molecule has 1 aliphatic heterocycles. The molecule has 1 amide bonds. The second-order valence-electron chi connectivity index (χ2n) is 7.77. The minimum Gasteiger partial charge on any atom is -0.379 e. The van der Waals surface area contributed by atoms with Gasteiger partial charge in [0.2, 0.25) is 15.9 Å². The third-order valence-electron chi connectivity index (χ3n) is 5.85. The lowest BCUT2D eigenvalue weighted by molar-refractivity contribution is -0.122. The van der Waals surface area contributed by atoms with Gasteiger partial charge in [0.15, 0.2) is 0 Å². The van der Waals surface area contributed by atoms with Gasteiger partial charge in [-0.25, -0.2) is 13.1 Å². The Kier molecular flexibility index (Phi) is 5.20. The molecule has 9 nitrogen and oxygen atoms in total. The molecule has 1 atom stereocenters. The van der Waals surface area contributed by atoms with Gasteiger partial charge in [0.05, 0.1) is 29.7 Å². The number of aryl methyl sites for hydroxylation is 1. The number of rotatable bonds is 5. The smallest absolute Gasteiger partial charge is 0.243 e. The largest absolute Gasteiger partial charge is 0.379 e. The summed E-state index contributed by atoms with van der Waals surface area (Å²) >= 11 is 0. The van der Waals surface area contributed by atoms with Crippen LogP contribution in [0.1, 0.15) is 23.6 Å². The van der Waals surface area contributed by atoms with Crippen LogP contribution in [0.2, 0.25) is 0 Å². The van der Waals surface area contributed by atoms with Crippen molar-refractivity contribution in [2.75, 3.05) is 26.3 Å². The molecule has 0 radical (unpaired) electrons. The number of sulfonamides is 1. The van der Waals surface area contributed by atoms with Crippen molar-refractivity contribution in [2.45, 2.75) is 30.3 Å². The number of ether oxygens (including phenoxy) is 1. The summed E-state index contributed by atoms with van der Waals surface area (Å²) in [4.78, 5) is 13.0. The third kappa shape index (κ3) is 3.82. The van der Waals surface area contributed by atoms with Gasteiger partial charge < -0.3 is 10.1 Å². The first-order chi connectivity index (χ1) is 15.0. The number of nitrogens with one attached hydrogen (secondary N) is 1. The van der Waals surface area contributed by atoms with Crippen LogP contribution < -0.4 is 5.32 Å². The van der Waals surface area contributed by atoms with Gasteiger partial charge in [0.1, 0.15) is 12.1 Å². The van der Waals surface area contributed by atoms with Crippen LogP contribution in [-0.2, 0) is 32.5 Å². The maximum Gasteiger partial charge on any atom is 0.243 e. The fraction of sp³-hybridized carbons (Fsp3) is 0.381. The van der Waals surface area contributed by atoms with E-state index in [2.05, 4.69) is 15.6 Å². The van der Waals surface area contributed by atoms with Crippen LogP contribution in [0.4, 0.5) is 0 Å². The molecule has 0 saturated carbocycles. The molecule has 1 fully saturated rings. The van der Waals surface area contributed by atoms with Crippen LogP contribution in [0.25, 0.3) is 11.0 Å². The molecule has 162 valence electrons. The Hall–Kier alpha value is -2.82. The summed E-state index contributed by atoms with van der Waals surface area (Å²) in [5, 5.41) is 11.2. The summed E-state index contributed by atoms with van der Waals surface area (Å²) in [6.45, 7) is 1.56. The van der Waals surface area contributed by atoms with E-state index < -0.39 is 10.0 Å². The Balaban J connectivity index is 1.34. The summed E-state index contributed by atoms with van der Waals surface area (Å²) in [6.07, 6.45) is 1.53. The van der Waals surface area contributed by atoms with E-state index in [9.17, 15) is 13.2 Å². The van der Waals surface area contributed by atoms with Crippen molar-refractivity contribution in [3.63, 3.8) is 0 Å². The Bertz CT molecular complexity index is 1230. The number of nitrogens with zero attached hydrogens (tertiary/aromatic N) is 4. The molecular weight excluding hydrogens is 418 g/mol. The molecule has 0 unspecified atom stereocenters. The van der Waals surface area contributed by atoms with Gasteiger partial charge in [-0.2, -0.15) is 4.31 Å². The molecule has 1 aromatic heterocycles. The normalized spacial score (nSPS) is 19.4. The number of hydrogen-bond donors (Lipinski definition) is 1. The second kappa shape index (κ2) is 8.03. The van der Waals surface area contributed by atoms with Crippen LogP contribution in [0, 0.1) is 0 Å². The van der Waals surface area contributed by atoms with Crippen LogP contribution in [-0.4, -0.2) is 59.9 Å². The number of benzene rings is 2. The molecule has 5 rings (SSSR count). The number of morpholine rings is 1. The van der Waals surface area contributed by atoms with E-state index in [0.29, 0.717) is 26.3 Å². The fourth-order valence-electron chi connectivity index (χ4n) is 4.24. The zero-order valence-electron chi connectivity index (χ0n) is 16.9. The van der Waals surface area contributed by atoms with Gasteiger partial charge in [-0.15, -0.1) is 5.10 Å². The second-order valence-corrected chi connectivity index (χ2v) is 9.71. The number of carbonyl (C=O) groups excluding carboxylic acids is 1. The van der Waals surface area contributed by atoms with E-state index in [-0.39, 0.29) is 23.4 Å². The highest BCUT2D eigenvalue weighted by molar-refractivity contribution is 7.89. The van der Waals surface area contributed by atoms with Crippen molar-refractivity contribution in [1.29, 1.82) is 0 Å². The summed E-state index contributed by atoms with van der Waals surface area (Å²) in [6, 6.07) is 12.5. The number of amides is 1. The molecular formula is C21H23N5O4S. The summed E-state index contributed by atoms with van der Waals surface area (Å²) in [7, 11) is -3.58. The minimum atomic E-state index is -3.58. The lowest BCUT2D eigenvalue weighted by atomic mass is 10.1. The summed E-state index contributed by atoms with van der Waals surface area (Å²) < 4.78 is 34.3. The van der Waals surface area contributed by atoms with Crippen molar-refractivity contribution in [1.82, 2.24) is 24.6 Å². The van der Waals surface area contributed by atoms with Crippen molar-refractivity contribution in [2.24, 2.45) is 0 Å². The van der Waals surface area contributed by atoms with E-state index >= 15 is 0 Å². The molecule has 2 heterocycles. The average Bonchev–Trinajstić information content (AvgIpc) is 3.38. The molecule has 10 heteroatoms. The molecule has 0 bridgehead atoms. The first kappa shape index (κ1) is 20.1. The number of hydrogen-bond acceptors (Lipinski definition) is 6. The van der Waals surface area contributed by atoms with Crippen LogP contribution in [0.5, 0.6) is 0 Å². The molecule has 1 N–H and O–H groups in total. The zero-order valence-corrected chi connectivity index (χ0v) is 17.7. The Morgan fingerprint density at radius 1 is 1.16 bits per heavy atom. The van der Waals surface area contributed by atoms with Gasteiger partial charge in [-0.05, 0) is 48.2 Å². The van der Waals surface area contributed by atoms with Crippen molar-refractivity contribution in [3.05, 3.63) is 53.6 Å². The molecule has 1 saturated heterocycles. The highest BCUT2D eigenvalue weighted by Crippen LogP contribution is 2.33. The van der Waals surface area contributed by atoms with Gasteiger partial charge in [-0.1, -0.05) is 23.4 Å². The number of aromatic nitrogens is 3. The zero-order chi connectivity index (χ0) is 21.4. The fourth-order valence-corrected chi connectivity index (χ4v) is 5.68. The van der Waals surface area contributed by atoms with E-state index in [1.807, 2.05) is 30.3 Å². The SMILES string of the molecule is O=C(Cn1nnc2ccccc21)N[C@H]1CCc2ccc(S(=O)(=O)N3CCOCC3)cc21. The Labute approximate surface area is 180 Å². The van der Waals surface area contributed by atoms with Crippen LogP contribution >= 0.6 is 0 Å². The molecule has 2 aliphatic rings. The molecule has 0 spiro atoms. The lowest BCUT2D eigenvalue weighted by Crippen LogP contribution is -2.40. The minimum absolute atomic E-state index is 0.0537. The first-order valence-corrected chi connectivity index (χ1v) is 11.7. The molecule has 31 heavy (non-hydrogen) atoms. The average molecular weight is 442 g/mol. The third-order valence-corrected chi connectivity index (χ3v) is 7.75. The van der Waals surface area contributed by atoms with Crippen molar-refractivity contribution < 1.29 is 17.9 Å². The number of fused-ring (bicyclic) bond motifs is 2. The number of carbonyl (C=O) groups is 1. The van der Waals surface area contributed by atoms with Gasteiger partial charge in [-0.3, -0.25) is 4.79 Å².